The van der Waals surface area contributed by atoms with E-state index in [2.05, 4.69) is 10.1 Å². The molecule has 1 unspecified atom stereocenters. The highest BCUT2D eigenvalue weighted by atomic mass is 35.5. The van der Waals surface area contributed by atoms with Crippen LogP contribution in [0.5, 0.6) is 0 Å². The second-order valence-corrected chi connectivity index (χ2v) is 5.02. The summed E-state index contributed by atoms with van der Waals surface area (Å²) in [5.74, 6) is -0.865. The molecule has 1 aromatic carbocycles. The Balaban J connectivity index is 2.97. The lowest BCUT2D eigenvalue weighted by Crippen LogP contribution is -2.40. The summed E-state index contributed by atoms with van der Waals surface area (Å²) in [5, 5.41) is 3.03. The van der Waals surface area contributed by atoms with Crippen LogP contribution in [-0.2, 0) is 9.53 Å². The molecule has 0 saturated heterocycles. The van der Waals surface area contributed by atoms with Crippen molar-refractivity contribution in [2.24, 2.45) is 11.7 Å². The summed E-state index contributed by atoms with van der Waals surface area (Å²) in [6.07, 6.45) is 0.791. The van der Waals surface area contributed by atoms with Gasteiger partial charge in [0, 0.05) is 5.02 Å². The minimum absolute atomic E-state index is 0.0453. The Kier molecular flexibility index (Phi) is 5.98. The van der Waals surface area contributed by atoms with Gasteiger partial charge in [-0.2, -0.15) is 0 Å². The smallest absolute Gasteiger partial charge is 0.340 e. The quantitative estimate of drug-likeness (QED) is 0.818. The van der Waals surface area contributed by atoms with Gasteiger partial charge in [-0.3, -0.25) is 4.79 Å². The Morgan fingerprint density at radius 2 is 2.10 bits per heavy atom. The third-order valence-corrected chi connectivity index (χ3v) is 3.44. The second kappa shape index (κ2) is 7.26. The third-order valence-electron chi connectivity index (χ3n) is 3.20. The first-order chi connectivity index (χ1) is 9.40. The van der Waals surface area contributed by atoms with Crippen molar-refractivity contribution < 1.29 is 14.3 Å². The van der Waals surface area contributed by atoms with Crippen LogP contribution < -0.4 is 11.1 Å². The van der Waals surface area contributed by atoms with E-state index >= 15 is 0 Å². The van der Waals surface area contributed by atoms with Gasteiger partial charge >= 0.3 is 5.97 Å². The van der Waals surface area contributed by atoms with Crippen molar-refractivity contribution >= 4 is 29.2 Å². The van der Waals surface area contributed by atoms with E-state index in [4.69, 9.17) is 17.3 Å². The van der Waals surface area contributed by atoms with Crippen LogP contribution in [0.3, 0.4) is 0 Å². The Hall–Kier alpha value is -1.59. The van der Waals surface area contributed by atoms with Crippen molar-refractivity contribution in [2.45, 2.75) is 26.3 Å². The Morgan fingerprint density at radius 1 is 1.45 bits per heavy atom. The lowest BCUT2D eigenvalue weighted by molar-refractivity contribution is -0.118. The molecule has 20 heavy (non-hydrogen) atoms. The summed E-state index contributed by atoms with van der Waals surface area (Å²) in [6.45, 7) is 3.85. The van der Waals surface area contributed by atoms with Crippen LogP contribution in [0.15, 0.2) is 18.2 Å². The number of methoxy groups -OCH3 is 1. The van der Waals surface area contributed by atoms with Crippen LogP contribution in [0, 0.1) is 5.92 Å². The number of ether oxygens (including phenoxy) is 1. The Bertz CT molecular complexity index is 505. The summed E-state index contributed by atoms with van der Waals surface area (Å²) in [5.41, 5.74) is 6.39. The predicted molar refractivity (Wildman–Crippen MR) is 78.9 cm³/mol. The van der Waals surface area contributed by atoms with Gasteiger partial charge in [0.25, 0.3) is 0 Å². The SMILES string of the molecule is CCC(C)[C@H](N)C(=O)Nc1ccc(Cl)cc1C(=O)OC. The van der Waals surface area contributed by atoms with E-state index in [0.717, 1.165) is 6.42 Å². The van der Waals surface area contributed by atoms with Crippen molar-refractivity contribution in [3.05, 3.63) is 28.8 Å². The maximum absolute atomic E-state index is 12.0. The second-order valence-electron chi connectivity index (χ2n) is 4.58. The molecule has 0 aromatic heterocycles. The highest BCUT2D eigenvalue weighted by molar-refractivity contribution is 6.31. The van der Waals surface area contributed by atoms with E-state index in [1.54, 1.807) is 12.1 Å². The van der Waals surface area contributed by atoms with Crippen molar-refractivity contribution in [1.29, 1.82) is 0 Å². The van der Waals surface area contributed by atoms with Gasteiger partial charge in [0.1, 0.15) is 0 Å². The first-order valence-electron chi connectivity index (χ1n) is 6.35. The molecule has 0 aliphatic heterocycles. The summed E-state index contributed by atoms with van der Waals surface area (Å²) < 4.78 is 4.66. The summed E-state index contributed by atoms with van der Waals surface area (Å²) >= 11 is 5.84. The van der Waals surface area contributed by atoms with Gasteiger partial charge in [-0.1, -0.05) is 31.9 Å². The monoisotopic (exact) mass is 298 g/mol. The first kappa shape index (κ1) is 16.5. The van der Waals surface area contributed by atoms with E-state index in [9.17, 15) is 9.59 Å². The predicted octanol–water partition coefficient (Wildman–Crippen LogP) is 2.44. The molecule has 5 nitrogen and oxygen atoms in total. The number of amides is 1. The summed E-state index contributed by atoms with van der Waals surface area (Å²) in [4.78, 5) is 23.7. The number of hydrogen-bond donors (Lipinski definition) is 2. The molecular weight excluding hydrogens is 280 g/mol. The molecule has 1 rings (SSSR count). The fourth-order valence-corrected chi connectivity index (χ4v) is 1.80. The Morgan fingerprint density at radius 3 is 2.65 bits per heavy atom. The van der Waals surface area contributed by atoms with Crippen molar-refractivity contribution in [3.63, 3.8) is 0 Å². The fraction of sp³-hybridized carbons (Fsp3) is 0.429. The number of benzene rings is 1. The number of hydrogen-bond acceptors (Lipinski definition) is 4. The molecule has 0 saturated carbocycles. The third kappa shape index (κ3) is 3.95. The highest BCUT2D eigenvalue weighted by Gasteiger charge is 2.21. The number of anilines is 1. The molecule has 0 bridgehead atoms. The molecule has 3 N–H and O–H groups in total. The average Bonchev–Trinajstić information content (AvgIpc) is 2.46. The molecule has 0 fully saturated rings. The summed E-state index contributed by atoms with van der Waals surface area (Å²) in [7, 11) is 1.26. The van der Waals surface area contributed by atoms with Crippen LogP contribution in [0.25, 0.3) is 0 Å². The van der Waals surface area contributed by atoms with Gasteiger partial charge in [0.05, 0.1) is 24.4 Å². The van der Waals surface area contributed by atoms with Crippen LogP contribution in [0.1, 0.15) is 30.6 Å². The largest absolute Gasteiger partial charge is 0.465 e. The van der Waals surface area contributed by atoms with Gasteiger partial charge in [0.15, 0.2) is 0 Å². The van der Waals surface area contributed by atoms with E-state index in [1.807, 2.05) is 13.8 Å². The molecule has 6 heteroatoms. The number of esters is 1. The van der Waals surface area contributed by atoms with Gasteiger partial charge in [-0.05, 0) is 24.1 Å². The zero-order valence-corrected chi connectivity index (χ0v) is 12.5. The van der Waals surface area contributed by atoms with Crippen LogP contribution >= 0.6 is 11.6 Å². The number of halogens is 1. The van der Waals surface area contributed by atoms with Crippen LogP contribution in [0.4, 0.5) is 5.69 Å². The molecule has 1 amide bonds. The van der Waals surface area contributed by atoms with Crippen molar-refractivity contribution in [3.8, 4) is 0 Å². The molecule has 0 spiro atoms. The lowest BCUT2D eigenvalue weighted by Gasteiger charge is -2.18. The maximum Gasteiger partial charge on any atom is 0.340 e. The fourth-order valence-electron chi connectivity index (χ4n) is 1.63. The Labute approximate surface area is 123 Å². The number of carbonyl (C=O) groups is 2. The van der Waals surface area contributed by atoms with Crippen LogP contribution in [0.2, 0.25) is 5.02 Å². The van der Waals surface area contributed by atoms with Gasteiger partial charge in [-0.25, -0.2) is 4.79 Å². The highest BCUT2D eigenvalue weighted by Crippen LogP contribution is 2.22. The molecule has 0 heterocycles. The molecule has 1 aromatic rings. The van der Waals surface area contributed by atoms with Gasteiger partial charge in [0.2, 0.25) is 5.91 Å². The average molecular weight is 299 g/mol. The van der Waals surface area contributed by atoms with Gasteiger partial charge < -0.3 is 15.8 Å². The minimum Gasteiger partial charge on any atom is -0.465 e. The zero-order chi connectivity index (χ0) is 15.3. The molecule has 2 atom stereocenters. The number of carbonyl (C=O) groups excluding carboxylic acids is 2. The summed E-state index contributed by atoms with van der Waals surface area (Å²) in [6, 6.07) is 3.94. The standard InChI is InChI=1S/C14H19ClN2O3/c1-4-8(2)12(16)13(18)17-11-6-5-9(15)7-10(11)14(19)20-3/h5-8,12H,4,16H2,1-3H3,(H,17,18)/t8?,12-/m0/s1. The molecule has 0 aliphatic carbocycles. The minimum atomic E-state index is -0.638. The van der Waals surface area contributed by atoms with E-state index < -0.39 is 12.0 Å². The van der Waals surface area contributed by atoms with E-state index in [0.29, 0.717) is 10.7 Å². The van der Waals surface area contributed by atoms with Gasteiger partial charge in [-0.15, -0.1) is 0 Å². The van der Waals surface area contributed by atoms with Crippen molar-refractivity contribution in [1.82, 2.24) is 0 Å². The zero-order valence-electron chi connectivity index (χ0n) is 11.8. The number of rotatable bonds is 5. The number of nitrogens with two attached hydrogens (primary N) is 1. The first-order valence-corrected chi connectivity index (χ1v) is 6.72. The maximum atomic E-state index is 12.0. The van der Waals surface area contributed by atoms with Crippen molar-refractivity contribution in [2.75, 3.05) is 12.4 Å². The van der Waals surface area contributed by atoms with E-state index in [-0.39, 0.29) is 17.4 Å². The number of nitrogens with one attached hydrogen (secondary N) is 1. The topological polar surface area (TPSA) is 81.4 Å². The van der Waals surface area contributed by atoms with E-state index in [1.165, 1.54) is 13.2 Å². The lowest BCUT2D eigenvalue weighted by atomic mass is 9.99. The molecular formula is C14H19ClN2O3. The molecule has 0 aliphatic rings. The molecule has 0 radical (unpaired) electrons. The van der Waals surface area contributed by atoms with Crippen LogP contribution in [-0.4, -0.2) is 25.0 Å². The normalized spacial score (nSPS) is 13.4. The molecule has 110 valence electrons.